The number of alkyl halides is 2. The number of halogens is 2. The maximum absolute atomic E-state index is 15.4. The summed E-state index contributed by atoms with van der Waals surface area (Å²) in [4.78, 5) is 15.4. The number of rotatable bonds is 6. The summed E-state index contributed by atoms with van der Waals surface area (Å²) in [6, 6.07) is 37.5. The van der Waals surface area contributed by atoms with Crippen molar-refractivity contribution >= 4 is 49.8 Å². The first kappa shape index (κ1) is 25.3. The molecule has 0 saturated carbocycles. The molecule has 1 nitrogen and oxygen atoms in total. The van der Waals surface area contributed by atoms with E-state index in [9.17, 15) is 0 Å². The third kappa shape index (κ3) is 4.26. The fourth-order valence-electron chi connectivity index (χ4n) is 6.05. The third-order valence-electron chi connectivity index (χ3n) is 8.00. The van der Waals surface area contributed by atoms with Gasteiger partial charge in [0.25, 0.3) is 0 Å². The fraction of sp³-hybridized carbons (Fsp3) is 0.171. The predicted octanol–water partition coefficient (Wildman–Crippen LogP) is 8.91. The molecule has 0 N–H and O–H groups in total. The quantitative estimate of drug-likeness (QED) is 0.196. The Bertz CT molecular complexity index is 1410. The number of carbonyl (C=O) groups is 1. The Labute approximate surface area is 241 Å². The second-order valence-electron chi connectivity index (χ2n) is 10.2. The standard InChI is InChI=1S/C35H28Br2O/c36-34(29(23-25-11-3-1-4-12-25)21-19-27-15-7-9-17-31(27)34)33(38)35(37)30(24-26-13-5-2-6-14-26)22-20-28-16-8-10-18-32(28)35/h1-22,29-30H,23-24H2. The van der Waals surface area contributed by atoms with Crippen molar-refractivity contribution in [3.8, 4) is 0 Å². The van der Waals surface area contributed by atoms with E-state index in [-0.39, 0.29) is 17.6 Å². The molecule has 0 spiro atoms. The zero-order chi connectivity index (χ0) is 26.2. The smallest absolute Gasteiger partial charge is 0.176 e. The van der Waals surface area contributed by atoms with Gasteiger partial charge in [0, 0.05) is 11.8 Å². The average molecular weight is 624 g/mol. The highest BCUT2D eigenvalue weighted by Crippen LogP contribution is 2.56. The summed E-state index contributed by atoms with van der Waals surface area (Å²) in [6.07, 6.45) is 10.3. The number of allylic oxidation sites excluding steroid dienone is 2. The number of carbonyl (C=O) groups excluding carboxylic acids is 1. The number of Topliss-reactive ketones (excluding diaryl/α,β-unsaturated/α-hetero) is 1. The van der Waals surface area contributed by atoms with Crippen LogP contribution in [0.3, 0.4) is 0 Å². The van der Waals surface area contributed by atoms with Crippen LogP contribution in [-0.2, 0) is 26.3 Å². The van der Waals surface area contributed by atoms with Crippen LogP contribution in [-0.4, -0.2) is 5.78 Å². The number of benzene rings is 4. The minimum Gasteiger partial charge on any atom is -0.296 e. The van der Waals surface area contributed by atoms with Crippen LogP contribution in [0.4, 0.5) is 0 Å². The molecule has 0 bridgehead atoms. The number of hydrogen-bond acceptors (Lipinski definition) is 1. The molecule has 0 aliphatic heterocycles. The Morgan fingerprint density at radius 3 is 1.34 bits per heavy atom. The predicted molar refractivity (Wildman–Crippen MR) is 164 cm³/mol. The minimum atomic E-state index is -0.912. The summed E-state index contributed by atoms with van der Waals surface area (Å²) in [5, 5.41) is 0. The molecular weight excluding hydrogens is 596 g/mol. The van der Waals surface area contributed by atoms with Gasteiger partial charge in [-0.15, -0.1) is 0 Å². The first-order valence-corrected chi connectivity index (χ1v) is 14.7. The Hall–Kier alpha value is -3.01. The van der Waals surface area contributed by atoms with Gasteiger partial charge in [-0.3, -0.25) is 4.79 Å². The SMILES string of the molecule is O=C(C1(Br)c2ccccc2C=CC1Cc1ccccc1)C1(Br)c2ccccc2C=CC1Cc1ccccc1. The molecule has 0 heterocycles. The normalized spacial score (nSPS) is 25.4. The van der Waals surface area contributed by atoms with Crippen molar-refractivity contribution in [1.29, 1.82) is 0 Å². The Morgan fingerprint density at radius 1 is 0.553 bits per heavy atom. The molecule has 38 heavy (non-hydrogen) atoms. The number of ketones is 1. The molecule has 0 aromatic heterocycles. The van der Waals surface area contributed by atoms with Crippen molar-refractivity contribution in [2.75, 3.05) is 0 Å². The molecule has 0 fully saturated rings. The topological polar surface area (TPSA) is 17.1 Å². The van der Waals surface area contributed by atoms with Crippen molar-refractivity contribution in [1.82, 2.24) is 0 Å². The van der Waals surface area contributed by atoms with Crippen LogP contribution in [0.15, 0.2) is 121 Å². The summed E-state index contributed by atoms with van der Waals surface area (Å²) in [6.45, 7) is 0. The van der Waals surface area contributed by atoms with Crippen LogP contribution in [0.5, 0.6) is 0 Å². The van der Waals surface area contributed by atoms with E-state index in [0.717, 1.165) is 35.1 Å². The fourth-order valence-corrected chi connectivity index (χ4v) is 8.29. The zero-order valence-corrected chi connectivity index (χ0v) is 24.1. The van der Waals surface area contributed by atoms with Crippen LogP contribution >= 0.6 is 31.9 Å². The van der Waals surface area contributed by atoms with E-state index in [1.807, 2.05) is 36.4 Å². The van der Waals surface area contributed by atoms with Gasteiger partial charge < -0.3 is 0 Å². The van der Waals surface area contributed by atoms with E-state index >= 15 is 4.79 Å². The molecule has 2 aliphatic rings. The lowest BCUT2D eigenvalue weighted by Crippen LogP contribution is -2.52. The highest BCUT2D eigenvalue weighted by Gasteiger charge is 2.57. The van der Waals surface area contributed by atoms with Gasteiger partial charge >= 0.3 is 0 Å². The van der Waals surface area contributed by atoms with E-state index in [0.29, 0.717) is 0 Å². The summed E-state index contributed by atoms with van der Waals surface area (Å²) in [7, 11) is 0. The Balaban J connectivity index is 1.51. The number of hydrogen-bond donors (Lipinski definition) is 0. The van der Waals surface area contributed by atoms with E-state index in [1.54, 1.807) is 0 Å². The second kappa shape index (κ2) is 10.3. The van der Waals surface area contributed by atoms with Gasteiger partial charge in [0.2, 0.25) is 0 Å². The van der Waals surface area contributed by atoms with Crippen molar-refractivity contribution in [3.05, 3.63) is 155 Å². The first-order valence-electron chi connectivity index (χ1n) is 13.1. The molecule has 4 unspecified atom stereocenters. The average Bonchev–Trinajstić information content (AvgIpc) is 2.97. The largest absolute Gasteiger partial charge is 0.296 e. The molecule has 0 saturated heterocycles. The van der Waals surface area contributed by atoms with E-state index in [1.165, 1.54) is 11.1 Å². The highest BCUT2D eigenvalue weighted by molar-refractivity contribution is 9.10. The van der Waals surface area contributed by atoms with Crippen LogP contribution in [0, 0.1) is 11.8 Å². The van der Waals surface area contributed by atoms with Crippen molar-refractivity contribution in [2.24, 2.45) is 11.8 Å². The molecule has 3 heteroatoms. The van der Waals surface area contributed by atoms with Crippen molar-refractivity contribution in [2.45, 2.75) is 21.5 Å². The van der Waals surface area contributed by atoms with Gasteiger partial charge in [-0.05, 0) is 46.2 Å². The lowest BCUT2D eigenvalue weighted by Gasteiger charge is -2.46. The molecule has 2 aliphatic carbocycles. The summed E-state index contributed by atoms with van der Waals surface area (Å²) >= 11 is 8.33. The highest BCUT2D eigenvalue weighted by atomic mass is 79.9. The van der Waals surface area contributed by atoms with Crippen molar-refractivity contribution < 1.29 is 4.79 Å². The van der Waals surface area contributed by atoms with Crippen LogP contribution in [0.1, 0.15) is 33.4 Å². The molecule has 4 aromatic rings. The number of fused-ring (bicyclic) bond motifs is 2. The summed E-state index contributed by atoms with van der Waals surface area (Å²) in [5.41, 5.74) is 6.64. The molecule has 0 radical (unpaired) electrons. The zero-order valence-electron chi connectivity index (χ0n) is 20.9. The lowest BCUT2D eigenvalue weighted by molar-refractivity contribution is -0.125. The molecule has 188 valence electrons. The van der Waals surface area contributed by atoms with Gasteiger partial charge in [0.05, 0.1) is 0 Å². The Kier molecular flexibility index (Phi) is 6.84. The van der Waals surface area contributed by atoms with Gasteiger partial charge in [-0.2, -0.15) is 0 Å². The third-order valence-corrected chi connectivity index (χ3v) is 10.8. The summed E-state index contributed by atoms with van der Waals surface area (Å²) in [5.74, 6) is 0.0230. The van der Waals surface area contributed by atoms with Crippen LogP contribution < -0.4 is 0 Å². The van der Waals surface area contributed by atoms with Gasteiger partial charge in [0.15, 0.2) is 5.78 Å². The minimum absolute atomic E-state index is 0.0582. The molecule has 4 atom stereocenters. The maximum atomic E-state index is 15.4. The van der Waals surface area contributed by atoms with Crippen LogP contribution in [0.25, 0.3) is 12.2 Å². The second-order valence-corrected chi connectivity index (χ2v) is 12.7. The van der Waals surface area contributed by atoms with Gasteiger partial charge in [-0.1, -0.05) is 165 Å². The molecular formula is C35H28Br2O. The molecule has 6 rings (SSSR count). The van der Waals surface area contributed by atoms with Gasteiger partial charge in [0.1, 0.15) is 8.65 Å². The monoisotopic (exact) mass is 622 g/mol. The summed E-state index contributed by atoms with van der Waals surface area (Å²) < 4.78 is -1.82. The van der Waals surface area contributed by atoms with E-state index < -0.39 is 8.65 Å². The van der Waals surface area contributed by atoms with E-state index in [2.05, 4.69) is 129 Å². The Morgan fingerprint density at radius 2 is 0.921 bits per heavy atom. The maximum Gasteiger partial charge on any atom is 0.176 e. The van der Waals surface area contributed by atoms with E-state index in [4.69, 9.17) is 0 Å². The van der Waals surface area contributed by atoms with Gasteiger partial charge in [-0.25, -0.2) is 0 Å². The lowest BCUT2D eigenvalue weighted by atomic mass is 9.65. The van der Waals surface area contributed by atoms with Crippen LogP contribution in [0.2, 0.25) is 0 Å². The molecule has 0 amide bonds. The molecule has 4 aromatic carbocycles. The first-order chi connectivity index (χ1) is 18.5. The van der Waals surface area contributed by atoms with Crippen molar-refractivity contribution in [3.63, 3.8) is 0 Å².